The molecule has 0 atom stereocenters. The van der Waals surface area contributed by atoms with E-state index >= 15 is 0 Å². The zero-order valence-electron chi connectivity index (χ0n) is 19.6. The van der Waals surface area contributed by atoms with E-state index in [4.69, 9.17) is 15.1 Å². The van der Waals surface area contributed by atoms with Crippen molar-refractivity contribution in [2.45, 2.75) is 37.7 Å². The Hall–Kier alpha value is -3.57. The molecule has 6 rings (SSSR count). The summed E-state index contributed by atoms with van der Waals surface area (Å²) in [4.78, 5) is 27.0. The molecule has 5 heterocycles. The van der Waals surface area contributed by atoms with Crippen molar-refractivity contribution in [1.29, 1.82) is 0 Å². The van der Waals surface area contributed by atoms with E-state index in [0.29, 0.717) is 35.2 Å². The number of benzene rings is 1. The van der Waals surface area contributed by atoms with Crippen molar-refractivity contribution in [1.82, 2.24) is 38.7 Å². The summed E-state index contributed by atoms with van der Waals surface area (Å²) in [7, 11) is 0. The number of aryl methyl sites for hydroxylation is 4. The van der Waals surface area contributed by atoms with Crippen molar-refractivity contribution < 1.29 is 0 Å². The summed E-state index contributed by atoms with van der Waals surface area (Å²) in [6, 6.07) is 15.2. The average molecular weight is 561 g/mol. The van der Waals surface area contributed by atoms with Crippen LogP contribution in [0.3, 0.4) is 0 Å². The Morgan fingerprint density at radius 2 is 1.86 bits per heavy atom. The van der Waals surface area contributed by atoms with Gasteiger partial charge in [0.1, 0.15) is 5.65 Å². The summed E-state index contributed by atoms with van der Waals surface area (Å²) in [6.07, 6.45) is 2.37. The highest BCUT2D eigenvalue weighted by Gasteiger charge is 2.15. The fraction of sp³-hybridized carbons (Fsp3) is 0.200. The van der Waals surface area contributed by atoms with E-state index in [1.54, 1.807) is 16.8 Å². The molecule has 0 saturated heterocycles. The number of aromatic nitrogens is 8. The van der Waals surface area contributed by atoms with Gasteiger partial charge in [0.25, 0.3) is 5.56 Å². The Balaban J connectivity index is 1.34. The van der Waals surface area contributed by atoms with Crippen molar-refractivity contribution in [3.8, 4) is 0 Å². The first-order valence-electron chi connectivity index (χ1n) is 11.4. The van der Waals surface area contributed by atoms with Gasteiger partial charge in [-0.3, -0.25) is 13.9 Å². The smallest absolute Gasteiger partial charge is 0.258 e. The summed E-state index contributed by atoms with van der Waals surface area (Å²) in [5.74, 6) is 1.21. The van der Waals surface area contributed by atoms with E-state index in [9.17, 15) is 4.79 Å². The molecule has 0 amide bonds. The van der Waals surface area contributed by atoms with Crippen LogP contribution < -0.4 is 5.56 Å². The van der Waals surface area contributed by atoms with Crippen LogP contribution in [0.4, 0.5) is 0 Å². The second-order valence-electron chi connectivity index (χ2n) is 8.53. The minimum atomic E-state index is -0.124. The van der Waals surface area contributed by atoms with E-state index in [1.165, 1.54) is 16.2 Å². The Morgan fingerprint density at radius 1 is 1.00 bits per heavy atom. The molecule has 11 heteroatoms. The van der Waals surface area contributed by atoms with Crippen LogP contribution in [0.25, 0.3) is 22.2 Å². The van der Waals surface area contributed by atoms with Gasteiger partial charge in [-0.15, -0.1) is 5.10 Å². The van der Waals surface area contributed by atoms with Gasteiger partial charge in [-0.1, -0.05) is 23.9 Å². The lowest BCUT2D eigenvalue weighted by Crippen LogP contribution is -2.15. The number of fused-ring (bicyclic) bond motifs is 4. The lowest BCUT2D eigenvalue weighted by atomic mass is 10.2. The van der Waals surface area contributed by atoms with Gasteiger partial charge in [-0.05, 0) is 60.1 Å². The molecule has 0 aliphatic carbocycles. The number of hydrogen-bond acceptors (Lipinski definition) is 7. The molecule has 0 N–H and O–H groups in total. The summed E-state index contributed by atoms with van der Waals surface area (Å²) in [5.41, 5.74) is 4.89. The SMILES string of the molecule is Cc1cc(C)n(CCc2nc3c4ccccc4nc(SCc4cc(=O)n5cc(Br)ccc5n4)n3n2)n1. The Kier molecular flexibility index (Phi) is 5.81. The predicted molar refractivity (Wildman–Crippen MR) is 142 cm³/mol. The summed E-state index contributed by atoms with van der Waals surface area (Å²) in [6.45, 7) is 4.74. The van der Waals surface area contributed by atoms with Crippen molar-refractivity contribution >= 4 is 49.9 Å². The van der Waals surface area contributed by atoms with Crippen molar-refractivity contribution in [3.05, 3.63) is 92.5 Å². The normalized spacial score (nSPS) is 11.8. The average Bonchev–Trinajstić information content (AvgIpc) is 3.44. The Bertz CT molecular complexity index is 1820. The molecule has 180 valence electrons. The van der Waals surface area contributed by atoms with Crippen LogP contribution in [-0.4, -0.2) is 38.7 Å². The number of thioether (sulfide) groups is 1. The van der Waals surface area contributed by atoms with Crippen molar-refractivity contribution in [2.75, 3.05) is 0 Å². The molecular weight excluding hydrogens is 540 g/mol. The molecule has 0 aliphatic heterocycles. The maximum atomic E-state index is 12.6. The number of halogens is 1. The quantitative estimate of drug-likeness (QED) is 0.220. The summed E-state index contributed by atoms with van der Waals surface area (Å²) >= 11 is 4.88. The van der Waals surface area contributed by atoms with E-state index in [0.717, 1.165) is 38.2 Å². The fourth-order valence-corrected chi connectivity index (χ4v) is 5.39. The van der Waals surface area contributed by atoms with Crippen molar-refractivity contribution in [3.63, 3.8) is 0 Å². The summed E-state index contributed by atoms with van der Waals surface area (Å²) < 4.78 is 6.13. The molecule has 6 aromatic rings. The molecule has 9 nitrogen and oxygen atoms in total. The highest BCUT2D eigenvalue weighted by molar-refractivity contribution is 9.10. The number of rotatable bonds is 6. The minimum Gasteiger partial charge on any atom is -0.269 e. The highest BCUT2D eigenvalue weighted by atomic mass is 79.9. The van der Waals surface area contributed by atoms with Crippen LogP contribution in [0.2, 0.25) is 0 Å². The topological polar surface area (TPSA) is 95.3 Å². The first-order valence-corrected chi connectivity index (χ1v) is 13.2. The number of para-hydroxylation sites is 1. The molecule has 0 saturated carbocycles. The van der Waals surface area contributed by atoms with Gasteiger partial charge in [0.05, 0.1) is 16.9 Å². The predicted octanol–water partition coefficient (Wildman–Crippen LogP) is 4.40. The van der Waals surface area contributed by atoms with Gasteiger partial charge in [-0.2, -0.15) is 9.61 Å². The molecule has 0 fully saturated rings. The lowest BCUT2D eigenvalue weighted by Gasteiger charge is -2.07. The van der Waals surface area contributed by atoms with Gasteiger partial charge in [0.15, 0.2) is 16.6 Å². The van der Waals surface area contributed by atoms with E-state index in [-0.39, 0.29) is 5.56 Å². The monoisotopic (exact) mass is 560 g/mol. The van der Waals surface area contributed by atoms with E-state index < -0.39 is 0 Å². The number of hydrogen-bond donors (Lipinski definition) is 0. The second-order valence-corrected chi connectivity index (χ2v) is 10.4. The molecule has 0 bridgehead atoms. The molecule has 36 heavy (non-hydrogen) atoms. The Morgan fingerprint density at radius 3 is 2.69 bits per heavy atom. The zero-order valence-corrected chi connectivity index (χ0v) is 22.0. The van der Waals surface area contributed by atoms with Gasteiger partial charge in [0.2, 0.25) is 0 Å². The number of pyridine rings is 1. The lowest BCUT2D eigenvalue weighted by molar-refractivity contribution is 0.580. The van der Waals surface area contributed by atoms with Crippen LogP contribution >= 0.6 is 27.7 Å². The second kappa shape index (κ2) is 9.14. The minimum absolute atomic E-state index is 0.124. The molecular formula is C25H21BrN8OS. The molecule has 0 aliphatic rings. The van der Waals surface area contributed by atoms with Crippen LogP contribution in [0, 0.1) is 13.8 Å². The van der Waals surface area contributed by atoms with E-state index in [2.05, 4.69) is 39.0 Å². The third-order valence-electron chi connectivity index (χ3n) is 5.87. The maximum Gasteiger partial charge on any atom is 0.258 e. The molecule has 1 aromatic carbocycles. The highest BCUT2D eigenvalue weighted by Crippen LogP contribution is 2.26. The first kappa shape index (κ1) is 22.9. The summed E-state index contributed by atoms with van der Waals surface area (Å²) in [5, 5.41) is 11.0. The van der Waals surface area contributed by atoms with Crippen molar-refractivity contribution in [2.24, 2.45) is 0 Å². The Labute approximate surface area is 218 Å². The standard InChI is InChI=1S/C25H21BrN8OS/c1-15-11-16(2)33(30-15)10-9-21-29-24-19-5-3-4-6-20(19)28-25(34(24)31-21)36-14-18-12-23(35)32-13-17(26)7-8-22(32)27-18/h3-8,11-13H,9-10,14H2,1-2H3. The van der Waals surface area contributed by atoms with Gasteiger partial charge in [0, 0.05) is 46.5 Å². The fourth-order valence-electron chi connectivity index (χ4n) is 4.22. The maximum absolute atomic E-state index is 12.6. The van der Waals surface area contributed by atoms with Gasteiger partial charge in [-0.25, -0.2) is 15.0 Å². The molecule has 5 aromatic heterocycles. The molecule has 0 unspecified atom stereocenters. The molecule has 0 radical (unpaired) electrons. The molecule has 0 spiro atoms. The van der Waals surface area contributed by atoms with Gasteiger partial charge < -0.3 is 0 Å². The number of nitrogens with zero attached hydrogens (tertiary/aromatic N) is 8. The van der Waals surface area contributed by atoms with Crippen LogP contribution in [0.1, 0.15) is 22.9 Å². The van der Waals surface area contributed by atoms with E-state index in [1.807, 2.05) is 48.0 Å². The third kappa shape index (κ3) is 4.28. The largest absolute Gasteiger partial charge is 0.269 e. The first-order chi connectivity index (χ1) is 17.4. The van der Waals surface area contributed by atoms with Crippen LogP contribution in [-0.2, 0) is 18.7 Å². The van der Waals surface area contributed by atoms with Crippen LogP contribution in [0.15, 0.2) is 69.2 Å². The van der Waals surface area contributed by atoms with Gasteiger partial charge >= 0.3 is 0 Å². The third-order valence-corrected chi connectivity index (χ3v) is 7.30. The zero-order chi connectivity index (χ0) is 24.8. The van der Waals surface area contributed by atoms with Crippen LogP contribution in [0.5, 0.6) is 0 Å².